The number of rotatable bonds is 4. The molecule has 1 amide bonds. The van der Waals surface area contributed by atoms with Gasteiger partial charge in [-0.1, -0.05) is 0 Å². The highest BCUT2D eigenvalue weighted by molar-refractivity contribution is 7.16. The third-order valence-electron chi connectivity index (χ3n) is 3.63. The lowest BCUT2D eigenvalue weighted by molar-refractivity contribution is -0.144. The predicted octanol–water partition coefficient (Wildman–Crippen LogP) is 1.98. The number of thiophene rings is 1. The molecule has 0 spiro atoms. The summed E-state index contributed by atoms with van der Waals surface area (Å²) in [5.74, 6) is -1.48. The third kappa shape index (κ3) is 2.93. The van der Waals surface area contributed by atoms with Crippen molar-refractivity contribution in [2.75, 3.05) is 6.61 Å². The monoisotopic (exact) mass is 308 g/mol. The van der Waals surface area contributed by atoms with Crippen LogP contribution in [0.4, 0.5) is 0 Å². The summed E-state index contributed by atoms with van der Waals surface area (Å²) in [4.78, 5) is 27.5. The molecule has 2 unspecified atom stereocenters. The average molecular weight is 308 g/mol. The smallest absolute Gasteiger partial charge is 0.328 e. The first kappa shape index (κ1) is 14.1. The van der Waals surface area contributed by atoms with Crippen molar-refractivity contribution in [3.05, 3.63) is 23.2 Å². The molecule has 0 saturated carbocycles. The summed E-state index contributed by atoms with van der Waals surface area (Å²) >= 11 is 1.50. The molecule has 2 aromatic rings. The number of amides is 1. The van der Waals surface area contributed by atoms with Gasteiger partial charge in [0.15, 0.2) is 6.04 Å². The van der Waals surface area contributed by atoms with Gasteiger partial charge in [0.25, 0.3) is 5.91 Å². The van der Waals surface area contributed by atoms with Crippen LogP contribution in [0.3, 0.4) is 0 Å². The standard InChI is InChI=1S/C14H16N2O4S/c17-12(9-7-8-4-6-21-13(8)15-9)16-11(14(18)19)10-3-1-2-5-20-10/h4,6-7,10-11,15H,1-3,5H2,(H,16,17)(H,18,19). The van der Waals surface area contributed by atoms with Crippen LogP contribution in [0.1, 0.15) is 29.8 Å². The highest BCUT2D eigenvalue weighted by Crippen LogP contribution is 2.21. The second kappa shape index (κ2) is 5.87. The Morgan fingerprint density at radius 2 is 2.33 bits per heavy atom. The second-order valence-electron chi connectivity index (χ2n) is 5.08. The van der Waals surface area contributed by atoms with E-state index in [4.69, 9.17) is 4.74 Å². The lowest BCUT2D eigenvalue weighted by Gasteiger charge is -2.28. The lowest BCUT2D eigenvalue weighted by Crippen LogP contribution is -2.50. The molecule has 6 nitrogen and oxygen atoms in total. The predicted molar refractivity (Wildman–Crippen MR) is 78.7 cm³/mol. The van der Waals surface area contributed by atoms with Crippen LogP contribution in [0, 0.1) is 0 Å². The van der Waals surface area contributed by atoms with Crippen LogP contribution >= 0.6 is 11.3 Å². The first-order valence-electron chi connectivity index (χ1n) is 6.86. The van der Waals surface area contributed by atoms with Gasteiger partial charge in [0.1, 0.15) is 10.5 Å². The molecule has 2 aromatic heterocycles. The number of hydrogen-bond acceptors (Lipinski definition) is 4. The van der Waals surface area contributed by atoms with Gasteiger partial charge in [-0.3, -0.25) is 4.79 Å². The van der Waals surface area contributed by atoms with E-state index in [1.165, 1.54) is 11.3 Å². The summed E-state index contributed by atoms with van der Waals surface area (Å²) < 4.78 is 5.48. The number of carboxylic acids is 1. The number of aromatic amines is 1. The quantitative estimate of drug-likeness (QED) is 0.805. The number of carboxylic acid groups (broad SMARTS) is 1. The van der Waals surface area contributed by atoms with Crippen LogP contribution in [-0.2, 0) is 9.53 Å². The fourth-order valence-electron chi connectivity index (χ4n) is 2.53. The van der Waals surface area contributed by atoms with Crippen LogP contribution in [0.5, 0.6) is 0 Å². The van der Waals surface area contributed by atoms with Gasteiger partial charge in [-0.25, -0.2) is 4.79 Å². The maximum Gasteiger partial charge on any atom is 0.328 e. The highest BCUT2D eigenvalue weighted by atomic mass is 32.1. The number of ether oxygens (including phenoxy) is 1. The van der Waals surface area contributed by atoms with E-state index in [-0.39, 0.29) is 0 Å². The van der Waals surface area contributed by atoms with E-state index < -0.39 is 24.0 Å². The minimum atomic E-state index is -1.07. The zero-order valence-electron chi connectivity index (χ0n) is 11.3. The summed E-state index contributed by atoms with van der Waals surface area (Å²) in [6.45, 7) is 0.544. The number of H-pyrrole nitrogens is 1. The van der Waals surface area contributed by atoms with Crippen molar-refractivity contribution < 1.29 is 19.4 Å². The Bertz CT molecular complexity index is 628. The molecule has 0 aliphatic carbocycles. The average Bonchev–Trinajstić information content (AvgIpc) is 3.06. The van der Waals surface area contributed by atoms with Crippen molar-refractivity contribution in [2.45, 2.75) is 31.4 Å². The number of carbonyl (C=O) groups is 2. The molecule has 0 aromatic carbocycles. The molecule has 3 rings (SSSR count). The Kier molecular flexibility index (Phi) is 3.94. The Morgan fingerprint density at radius 1 is 1.48 bits per heavy atom. The summed E-state index contributed by atoms with van der Waals surface area (Å²) in [7, 11) is 0. The summed E-state index contributed by atoms with van der Waals surface area (Å²) in [5, 5.41) is 14.8. The molecule has 7 heteroatoms. The van der Waals surface area contributed by atoms with Crippen molar-refractivity contribution >= 4 is 33.4 Å². The Labute approximate surface area is 125 Å². The van der Waals surface area contributed by atoms with Gasteiger partial charge in [-0.2, -0.15) is 0 Å². The van der Waals surface area contributed by atoms with E-state index in [1.807, 2.05) is 11.4 Å². The summed E-state index contributed by atoms with van der Waals surface area (Å²) in [5.41, 5.74) is 0.374. The molecule has 1 aliphatic heterocycles. The van der Waals surface area contributed by atoms with Crippen LogP contribution in [0.25, 0.3) is 10.2 Å². The third-order valence-corrected chi connectivity index (χ3v) is 4.47. The normalized spacial score (nSPS) is 20.3. The lowest BCUT2D eigenvalue weighted by atomic mass is 10.0. The van der Waals surface area contributed by atoms with E-state index in [0.29, 0.717) is 18.7 Å². The fraction of sp³-hybridized carbons (Fsp3) is 0.429. The van der Waals surface area contributed by atoms with Crippen molar-refractivity contribution in [3.63, 3.8) is 0 Å². The maximum absolute atomic E-state index is 12.2. The zero-order valence-corrected chi connectivity index (χ0v) is 12.1. The van der Waals surface area contributed by atoms with Gasteiger partial charge in [0.2, 0.25) is 0 Å². The van der Waals surface area contributed by atoms with E-state index in [9.17, 15) is 14.7 Å². The number of carbonyl (C=O) groups excluding carboxylic acids is 1. The number of fused-ring (bicyclic) bond motifs is 1. The van der Waals surface area contributed by atoms with Gasteiger partial charge in [0, 0.05) is 12.0 Å². The maximum atomic E-state index is 12.2. The van der Waals surface area contributed by atoms with E-state index >= 15 is 0 Å². The van der Waals surface area contributed by atoms with Gasteiger partial charge >= 0.3 is 5.97 Å². The topological polar surface area (TPSA) is 91.4 Å². The van der Waals surface area contributed by atoms with Crippen LogP contribution in [0.15, 0.2) is 17.5 Å². The Hall–Kier alpha value is -1.86. The molecule has 0 bridgehead atoms. The van der Waals surface area contributed by atoms with Gasteiger partial charge in [-0.15, -0.1) is 11.3 Å². The molecule has 112 valence electrons. The van der Waals surface area contributed by atoms with Crippen molar-refractivity contribution in [1.29, 1.82) is 0 Å². The van der Waals surface area contributed by atoms with Crippen molar-refractivity contribution in [2.24, 2.45) is 0 Å². The molecular weight excluding hydrogens is 292 g/mol. The first-order chi connectivity index (χ1) is 10.1. The molecule has 1 aliphatic rings. The van der Waals surface area contributed by atoms with Gasteiger partial charge in [0.05, 0.1) is 6.10 Å². The molecule has 1 saturated heterocycles. The van der Waals surface area contributed by atoms with Crippen LogP contribution in [-0.4, -0.2) is 40.7 Å². The minimum Gasteiger partial charge on any atom is -0.480 e. The number of hydrogen-bond donors (Lipinski definition) is 3. The van der Waals surface area contributed by atoms with E-state index in [1.54, 1.807) is 6.07 Å². The molecular formula is C14H16N2O4S. The molecule has 0 radical (unpaired) electrons. The molecule has 3 N–H and O–H groups in total. The summed E-state index contributed by atoms with van der Waals surface area (Å²) in [6.07, 6.45) is 2.04. The van der Waals surface area contributed by atoms with Crippen LogP contribution < -0.4 is 5.32 Å². The largest absolute Gasteiger partial charge is 0.480 e. The number of aliphatic carboxylic acids is 1. The van der Waals surface area contributed by atoms with E-state index in [2.05, 4.69) is 10.3 Å². The van der Waals surface area contributed by atoms with Crippen molar-refractivity contribution in [3.8, 4) is 0 Å². The zero-order chi connectivity index (χ0) is 14.8. The number of aromatic nitrogens is 1. The molecule has 2 atom stereocenters. The Balaban J connectivity index is 1.73. The van der Waals surface area contributed by atoms with E-state index in [0.717, 1.165) is 23.1 Å². The van der Waals surface area contributed by atoms with Crippen molar-refractivity contribution in [1.82, 2.24) is 10.3 Å². The summed E-state index contributed by atoms with van der Waals surface area (Å²) in [6, 6.07) is 2.62. The molecule has 21 heavy (non-hydrogen) atoms. The molecule has 1 fully saturated rings. The second-order valence-corrected chi connectivity index (χ2v) is 6.00. The van der Waals surface area contributed by atoms with Crippen LogP contribution in [0.2, 0.25) is 0 Å². The highest BCUT2D eigenvalue weighted by Gasteiger charge is 2.32. The Morgan fingerprint density at radius 3 is 3.00 bits per heavy atom. The number of nitrogens with one attached hydrogen (secondary N) is 2. The fourth-order valence-corrected chi connectivity index (χ4v) is 3.31. The van der Waals surface area contributed by atoms with Gasteiger partial charge < -0.3 is 20.1 Å². The minimum absolute atomic E-state index is 0.374. The SMILES string of the molecule is O=C(NC(C(=O)O)C1CCCCO1)c1cc2ccsc2[nH]1. The first-order valence-corrected chi connectivity index (χ1v) is 7.74. The van der Waals surface area contributed by atoms with Gasteiger partial charge in [-0.05, 0) is 36.8 Å². The molecule has 3 heterocycles.